The summed E-state index contributed by atoms with van der Waals surface area (Å²) in [6, 6.07) is 6.90. The lowest BCUT2D eigenvalue weighted by molar-refractivity contribution is -0.142. The Morgan fingerprint density at radius 3 is 2.86 bits per heavy atom. The molecule has 1 saturated heterocycles. The van der Waals surface area contributed by atoms with E-state index >= 15 is 0 Å². The van der Waals surface area contributed by atoms with Gasteiger partial charge in [0.1, 0.15) is 5.82 Å². The van der Waals surface area contributed by atoms with E-state index in [1.165, 1.54) is 32.1 Å². The number of halogens is 1. The van der Waals surface area contributed by atoms with Crippen LogP contribution in [-0.4, -0.2) is 42.9 Å². The number of rotatable bonds is 6. The molecule has 1 fully saturated rings. The summed E-state index contributed by atoms with van der Waals surface area (Å²) in [6.07, 6.45) is 3.93. The van der Waals surface area contributed by atoms with Crippen LogP contribution >= 0.6 is 11.8 Å². The summed E-state index contributed by atoms with van der Waals surface area (Å²) in [4.78, 5) is 14.9. The van der Waals surface area contributed by atoms with Crippen LogP contribution in [0, 0.1) is 5.82 Å². The highest BCUT2D eigenvalue weighted by molar-refractivity contribution is 7.99. The topological polar surface area (TPSA) is 29.5 Å². The maximum Gasteiger partial charge on any atom is 0.307 e. The monoisotopic (exact) mass is 311 g/mol. The van der Waals surface area contributed by atoms with Gasteiger partial charge >= 0.3 is 5.97 Å². The summed E-state index contributed by atoms with van der Waals surface area (Å²) in [5.74, 6) is 0.621. The summed E-state index contributed by atoms with van der Waals surface area (Å²) in [6.45, 7) is 2.00. The Bertz CT molecular complexity index is 452. The van der Waals surface area contributed by atoms with Crippen LogP contribution in [0.4, 0.5) is 4.39 Å². The number of esters is 1. The zero-order valence-electron chi connectivity index (χ0n) is 12.4. The average Bonchev–Trinajstić information content (AvgIpc) is 2.51. The van der Waals surface area contributed by atoms with Crippen LogP contribution in [0.25, 0.3) is 0 Å². The summed E-state index contributed by atoms with van der Waals surface area (Å²) >= 11 is 1.72. The minimum absolute atomic E-state index is 0.127. The fourth-order valence-corrected chi connectivity index (χ4v) is 3.56. The highest BCUT2D eigenvalue weighted by Gasteiger charge is 2.24. The first-order valence-corrected chi connectivity index (χ1v) is 8.37. The number of hydrogen-bond acceptors (Lipinski definition) is 4. The second-order valence-corrected chi connectivity index (χ2v) is 6.44. The fraction of sp³-hybridized carbons (Fsp3) is 0.562. The molecule has 116 valence electrons. The van der Waals surface area contributed by atoms with Gasteiger partial charge in [-0.05, 0) is 43.7 Å². The normalized spacial score (nSPS) is 19.4. The Morgan fingerprint density at radius 1 is 1.38 bits per heavy atom. The summed E-state index contributed by atoms with van der Waals surface area (Å²) in [7, 11) is 1.44. The number of ether oxygens (including phenoxy) is 1. The minimum Gasteiger partial charge on any atom is -0.469 e. The number of carbonyl (C=O) groups excluding carboxylic acids is 1. The summed E-state index contributed by atoms with van der Waals surface area (Å²) < 4.78 is 17.6. The van der Waals surface area contributed by atoms with Crippen LogP contribution in [0.3, 0.4) is 0 Å². The molecule has 5 heteroatoms. The number of methoxy groups -OCH3 is 1. The number of carbonyl (C=O) groups is 1. The molecule has 0 aliphatic carbocycles. The molecule has 1 unspecified atom stereocenters. The van der Waals surface area contributed by atoms with Gasteiger partial charge in [-0.1, -0.05) is 6.42 Å². The first-order chi connectivity index (χ1) is 10.2. The fourth-order valence-electron chi connectivity index (χ4n) is 2.67. The summed E-state index contributed by atoms with van der Waals surface area (Å²) in [5.41, 5.74) is 0. The van der Waals surface area contributed by atoms with E-state index in [1.807, 2.05) is 12.1 Å². The Kier molecular flexibility index (Phi) is 6.51. The molecule has 3 nitrogen and oxygen atoms in total. The third-order valence-electron chi connectivity index (χ3n) is 3.84. The average molecular weight is 311 g/mol. The van der Waals surface area contributed by atoms with Crippen molar-refractivity contribution in [2.24, 2.45) is 0 Å². The molecular formula is C16H22FNO2S. The molecule has 0 spiro atoms. The van der Waals surface area contributed by atoms with Gasteiger partial charge in [0, 0.05) is 23.2 Å². The quantitative estimate of drug-likeness (QED) is 0.595. The van der Waals surface area contributed by atoms with Gasteiger partial charge in [0.15, 0.2) is 0 Å². The highest BCUT2D eigenvalue weighted by Crippen LogP contribution is 2.23. The van der Waals surface area contributed by atoms with E-state index in [0.29, 0.717) is 12.5 Å². The molecule has 0 N–H and O–H groups in total. The van der Waals surface area contributed by atoms with Gasteiger partial charge in [0.05, 0.1) is 13.5 Å². The number of nitrogens with zero attached hydrogens (tertiary/aromatic N) is 1. The van der Waals surface area contributed by atoms with Crippen molar-refractivity contribution in [1.29, 1.82) is 0 Å². The maximum atomic E-state index is 12.8. The molecule has 0 radical (unpaired) electrons. The van der Waals surface area contributed by atoms with E-state index in [0.717, 1.165) is 30.2 Å². The number of piperidine rings is 1. The van der Waals surface area contributed by atoms with Gasteiger partial charge in [-0.15, -0.1) is 11.8 Å². The predicted octanol–water partition coefficient (Wildman–Crippen LogP) is 3.34. The number of benzene rings is 1. The van der Waals surface area contributed by atoms with Crippen LogP contribution in [-0.2, 0) is 9.53 Å². The van der Waals surface area contributed by atoms with Crippen molar-refractivity contribution >= 4 is 17.7 Å². The molecule has 1 aliphatic heterocycles. The number of thioether (sulfide) groups is 1. The third-order valence-corrected chi connectivity index (χ3v) is 4.83. The van der Waals surface area contributed by atoms with Gasteiger partial charge in [-0.2, -0.15) is 0 Å². The molecule has 0 saturated carbocycles. The van der Waals surface area contributed by atoms with E-state index in [4.69, 9.17) is 4.74 Å². The molecule has 1 atom stereocenters. The van der Waals surface area contributed by atoms with Crippen LogP contribution < -0.4 is 0 Å². The van der Waals surface area contributed by atoms with Crippen LogP contribution in [0.2, 0.25) is 0 Å². The van der Waals surface area contributed by atoms with E-state index in [-0.39, 0.29) is 11.8 Å². The van der Waals surface area contributed by atoms with Gasteiger partial charge in [-0.3, -0.25) is 9.69 Å². The Morgan fingerprint density at radius 2 is 2.14 bits per heavy atom. The first-order valence-electron chi connectivity index (χ1n) is 7.38. The van der Waals surface area contributed by atoms with Gasteiger partial charge < -0.3 is 4.74 Å². The van der Waals surface area contributed by atoms with Crippen molar-refractivity contribution in [2.45, 2.75) is 36.6 Å². The van der Waals surface area contributed by atoms with Crippen molar-refractivity contribution in [1.82, 2.24) is 4.90 Å². The second kappa shape index (κ2) is 8.39. The standard InChI is InChI=1S/C16H22FNO2S/c1-20-16(19)12-14-4-2-3-9-18(14)10-11-21-15-7-5-13(17)6-8-15/h5-8,14H,2-4,9-12H2,1H3. The van der Waals surface area contributed by atoms with Crippen LogP contribution in [0.15, 0.2) is 29.2 Å². The van der Waals surface area contributed by atoms with Crippen molar-refractivity contribution in [3.05, 3.63) is 30.1 Å². The first kappa shape index (κ1) is 16.3. The Hall–Kier alpha value is -1.07. The smallest absolute Gasteiger partial charge is 0.307 e. The Labute approximate surface area is 129 Å². The van der Waals surface area contributed by atoms with Crippen molar-refractivity contribution in [3.63, 3.8) is 0 Å². The zero-order valence-corrected chi connectivity index (χ0v) is 13.2. The minimum atomic E-state index is -0.200. The zero-order chi connectivity index (χ0) is 15.1. The lowest BCUT2D eigenvalue weighted by Gasteiger charge is -2.35. The van der Waals surface area contributed by atoms with E-state index in [1.54, 1.807) is 11.8 Å². The van der Waals surface area contributed by atoms with Crippen LogP contribution in [0.5, 0.6) is 0 Å². The molecule has 1 heterocycles. The molecule has 1 aromatic rings. The van der Waals surface area contributed by atoms with Gasteiger partial charge in [0.25, 0.3) is 0 Å². The van der Waals surface area contributed by atoms with E-state index in [9.17, 15) is 9.18 Å². The lowest BCUT2D eigenvalue weighted by atomic mass is 9.99. The van der Waals surface area contributed by atoms with Gasteiger partial charge in [-0.25, -0.2) is 4.39 Å². The molecule has 1 aromatic carbocycles. The van der Waals surface area contributed by atoms with Crippen molar-refractivity contribution < 1.29 is 13.9 Å². The molecule has 1 aliphatic rings. The molecule has 21 heavy (non-hydrogen) atoms. The molecule has 0 amide bonds. The number of hydrogen-bond donors (Lipinski definition) is 0. The second-order valence-electron chi connectivity index (χ2n) is 5.27. The van der Waals surface area contributed by atoms with Crippen LogP contribution in [0.1, 0.15) is 25.7 Å². The molecular weight excluding hydrogens is 289 g/mol. The van der Waals surface area contributed by atoms with Gasteiger partial charge in [0.2, 0.25) is 0 Å². The highest BCUT2D eigenvalue weighted by atomic mass is 32.2. The maximum absolute atomic E-state index is 12.8. The Balaban J connectivity index is 1.79. The SMILES string of the molecule is COC(=O)CC1CCCCN1CCSc1ccc(F)cc1. The van der Waals surface area contributed by atoms with Crippen molar-refractivity contribution in [3.8, 4) is 0 Å². The largest absolute Gasteiger partial charge is 0.469 e. The van der Waals surface area contributed by atoms with E-state index in [2.05, 4.69) is 4.90 Å². The molecule has 2 rings (SSSR count). The van der Waals surface area contributed by atoms with E-state index < -0.39 is 0 Å². The predicted molar refractivity (Wildman–Crippen MR) is 83.0 cm³/mol. The summed E-state index contributed by atoms with van der Waals surface area (Å²) in [5, 5.41) is 0. The number of likely N-dealkylation sites (tertiary alicyclic amines) is 1. The molecule has 0 aromatic heterocycles. The van der Waals surface area contributed by atoms with Crippen molar-refractivity contribution in [2.75, 3.05) is 26.0 Å². The molecule has 0 bridgehead atoms. The third kappa shape index (κ3) is 5.32. The lowest BCUT2D eigenvalue weighted by Crippen LogP contribution is -2.42.